The second-order valence-electron chi connectivity index (χ2n) is 15.4. The first-order chi connectivity index (χ1) is 26.7. The van der Waals surface area contributed by atoms with Gasteiger partial charge in [0.1, 0.15) is 11.5 Å². The Bertz CT molecular complexity index is 2110. The summed E-state index contributed by atoms with van der Waals surface area (Å²) in [6.07, 6.45) is 8.46. The Morgan fingerprint density at radius 2 is 1.44 bits per heavy atom. The predicted molar refractivity (Wildman–Crippen MR) is 212 cm³/mol. The molecule has 1 atom stereocenters. The Morgan fingerprint density at radius 3 is 2.04 bits per heavy atom. The van der Waals surface area contributed by atoms with Crippen molar-refractivity contribution in [2.75, 3.05) is 80.6 Å². The highest BCUT2D eigenvalue weighted by atomic mass is 16.2. The molecule has 288 valence electrons. The first-order valence-corrected chi connectivity index (χ1v) is 19.8. The molecule has 3 aromatic heterocycles. The molecule has 14 nitrogen and oxygen atoms in total. The molecule has 4 aromatic rings. The number of nitrogens with one attached hydrogen (secondary N) is 2. The molecule has 0 spiro atoms. The average Bonchev–Trinajstić information content (AvgIpc) is 3.73. The molecule has 2 amide bonds. The van der Waals surface area contributed by atoms with Crippen LogP contribution in [-0.4, -0.2) is 112 Å². The topological polar surface area (TPSA) is 149 Å². The van der Waals surface area contributed by atoms with Crippen molar-refractivity contribution in [1.82, 2.24) is 34.6 Å². The van der Waals surface area contributed by atoms with E-state index in [1.807, 2.05) is 24.4 Å². The summed E-state index contributed by atoms with van der Waals surface area (Å²) in [5, 5.41) is 6.41. The SMILES string of the molecule is CC(=O)c1c(C)c2cnc(Nc3ccc(N4CCN(CCN5CCN(c6ccc(C7CCC(=O)NC7=O)cc6)CC5)CC4)cn3)nc2n(C2CCCC2)c1=O. The maximum atomic E-state index is 13.6. The van der Waals surface area contributed by atoms with Crippen LogP contribution in [0.5, 0.6) is 0 Å². The highest BCUT2D eigenvalue weighted by molar-refractivity contribution is 6.01. The van der Waals surface area contributed by atoms with Crippen molar-refractivity contribution in [3.63, 3.8) is 0 Å². The number of benzene rings is 1. The number of carbonyl (C=O) groups excluding carboxylic acids is 3. The van der Waals surface area contributed by atoms with Crippen LogP contribution in [0, 0.1) is 6.92 Å². The summed E-state index contributed by atoms with van der Waals surface area (Å²) in [4.78, 5) is 73.7. The third-order valence-corrected chi connectivity index (χ3v) is 12.0. The molecule has 0 bridgehead atoms. The predicted octanol–water partition coefficient (Wildman–Crippen LogP) is 4.02. The molecule has 2 N–H and O–H groups in total. The van der Waals surface area contributed by atoms with Crippen LogP contribution in [0.25, 0.3) is 11.0 Å². The molecule has 3 aliphatic heterocycles. The van der Waals surface area contributed by atoms with E-state index < -0.39 is 0 Å². The Balaban J connectivity index is 0.808. The summed E-state index contributed by atoms with van der Waals surface area (Å²) in [7, 11) is 0. The van der Waals surface area contributed by atoms with Gasteiger partial charge >= 0.3 is 0 Å². The third kappa shape index (κ3) is 7.83. The molecule has 1 unspecified atom stereocenters. The number of amides is 2. The maximum absolute atomic E-state index is 13.6. The molecule has 6 heterocycles. The van der Waals surface area contributed by atoms with Crippen LogP contribution in [0.4, 0.5) is 23.1 Å². The van der Waals surface area contributed by atoms with Gasteiger partial charge < -0.3 is 15.1 Å². The number of rotatable bonds is 10. The van der Waals surface area contributed by atoms with E-state index in [1.54, 1.807) is 17.7 Å². The molecule has 14 heteroatoms. The summed E-state index contributed by atoms with van der Waals surface area (Å²) >= 11 is 0. The fourth-order valence-corrected chi connectivity index (χ4v) is 8.74. The van der Waals surface area contributed by atoms with Gasteiger partial charge in [-0.2, -0.15) is 4.98 Å². The number of nitrogens with zero attached hydrogens (tertiary/aromatic N) is 8. The number of piperidine rings is 1. The number of aryl methyl sites for hydroxylation is 1. The number of piperazine rings is 2. The molecule has 0 radical (unpaired) electrons. The van der Waals surface area contributed by atoms with Crippen LogP contribution in [0.3, 0.4) is 0 Å². The van der Waals surface area contributed by atoms with E-state index in [9.17, 15) is 19.2 Å². The second-order valence-corrected chi connectivity index (χ2v) is 15.4. The van der Waals surface area contributed by atoms with Crippen LogP contribution < -0.4 is 26.0 Å². The van der Waals surface area contributed by atoms with E-state index in [0.717, 1.165) is 108 Å². The van der Waals surface area contributed by atoms with Crippen LogP contribution >= 0.6 is 0 Å². The number of hydrogen-bond donors (Lipinski definition) is 2. The summed E-state index contributed by atoms with van der Waals surface area (Å²) in [6.45, 7) is 13.2. The minimum Gasteiger partial charge on any atom is -0.369 e. The van der Waals surface area contributed by atoms with Crippen molar-refractivity contribution in [3.8, 4) is 0 Å². The van der Waals surface area contributed by atoms with Crippen molar-refractivity contribution in [1.29, 1.82) is 0 Å². The van der Waals surface area contributed by atoms with E-state index in [0.29, 0.717) is 35.8 Å². The lowest BCUT2D eigenvalue weighted by Gasteiger charge is -2.39. The normalized spacial score (nSPS) is 20.3. The Hall–Kier alpha value is -5.21. The van der Waals surface area contributed by atoms with Crippen LogP contribution in [0.2, 0.25) is 0 Å². The van der Waals surface area contributed by atoms with Gasteiger partial charge in [-0.05, 0) is 68.5 Å². The van der Waals surface area contributed by atoms with Crippen molar-refractivity contribution >= 4 is 51.8 Å². The molecule has 3 saturated heterocycles. The molecule has 1 saturated carbocycles. The largest absolute Gasteiger partial charge is 0.369 e. The maximum Gasteiger partial charge on any atom is 0.263 e. The van der Waals surface area contributed by atoms with Crippen LogP contribution in [0.15, 0.2) is 53.6 Å². The van der Waals surface area contributed by atoms with E-state index in [1.165, 1.54) is 12.6 Å². The van der Waals surface area contributed by atoms with E-state index >= 15 is 0 Å². The lowest BCUT2D eigenvalue weighted by molar-refractivity contribution is -0.134. The fourth-order valence-electron chi connectivity index (χ4n) is 8.74. The number of ketones is 1. The highest BCUT2D eigenvalue weighted by Crippen LogP contribution is 2.32. The number of Topliss-reactive ketones (excluding diaryl/α,β-unsaturated/α-hetero) is 1. The second kappa shape index (κ2) is 15.9. The molecule has 55 heavy (non-hydrogen) atoms. The number of aromatic nitrogens is 4. The van der Waals surface area contributed by atoms with E-state index in [2.05, 4.69) is 58.4 Å². The van der Waals surface area contributed by atoms with Gasteiger partial charge in [0.2, 0.25) is 17.8 Å². The lowest BCUT2D eigenvalue weighted by atomic mass is 9.90. The number of imide groups is 1. The zero-order chi connectivity index (χ0) is 38.1. The van der Waals surface area contributed by atoms with Gasteiger partial charge in [-0.1, -0.05) is 25.0 Å². The minimum absolute atomic E-state index is 0.0247. The highest BCUT2D eigenvalue weighted by Gasteiger charge is 2.29. The lowest BCUT2D eigenvalue weighted by Crippen LogP contribution is -2.51. The van der Waals surface area contributed by atoms with Crippen molar-refractivity contribution in [2.24, 2.45) is 0 Å². The van der Waals surface area contributed by atoms with Gasteiger partial charge in [-0.3, -0.25) is 38.9 Å². The fraction of sp³-hybridized carbons (Fsp3) is 0.488. The third-order valence-electron chi connectivity index (χ3n) is 12.0. The van der Waals surface area contributed by atoms with Crippen molar-refractivity contribution in [3.05, 3.63) is 75.8 Å². The monoisotopic (exact) mass is 746 g/mol. The number of anilines is 4. The summed E-state index contributed by atoms with van der Waals surface area (Å²) in [6, 6.07) is 12.3. The molecular formula is C41H50N10O4. The van der Waals surface area contributed by atoms with Gasteiger partial charge in [0.15, 0.2) is 5.78 Å². The quantitative estimate of drug-likeness (QED) is 0.178. The van der Waals surface area contributed by atoms with Crippen LogP contribution in [0.1, 0.15) is 78.9 Å². The van der Waals surface area contributed by atoms with Gasteiger partial charge in [-0.15, -0.1) is 0 Å². The first-order valence-electron chi connectivity index (χ1n) is 19.8. The zero-order valence-corrected chi connectivity index (χ0v) is 31.8. The summed E-state index contributed by atoms with van der Waals surface area (Å²) in [5.74, 6) is 0.138. The molecule has 1 aromatic carbocycles. The number of fused-ring (bicyclic) bond motifs is 1. The van der Waals surface area contributed by atoms with Crippen molar-refractivity contribution < 1.29 is 14.4 Å². The molecular weight excluding hydrogens is 697 g/mol. The van der Waals surface area contributed by atoms with Crippen LogP contribution in [-0.2, 0) is 9.59 Å². The number of hydrogen-bond acceptors (Lipinski definition) is 12. The Labute approximate surface area is 320 Å². The molecule has 8 rings (SSSR count). The van der Waals surface area contributed by atoms with Gasteiger partial charge in [-0.25, -0.2) is 9.97 Å². The number of pyridine rings is 2. The first kappa shape index (κ1) is 36.8. The van der Waals surface area contributed by atoms with E-state index in [4.69, 9.17) is 4.98 Å². The summed E-state index contributed by atoms with van der Waals surface area (Å²) in [5.41, 5.74) is 4.38. The summed E-state index contributed by atoms with van der Waals surface area (Å²) < 4.78 is 1.73. The average molecular weight is 747 g/mol. The smallest absolute Gasteiger partial charge is 0.263 e. The number of carbonyl (C=O) groups is 3. The molecule has 4 fully saturated rings. The molecule has 1 aliphatic carbocycles. The minimum atomic E-state index is -0.260. The van der Waals surface area contributed by atoms with Gasteiger partial charge in [0.05, 0.1) is 23.4 Å². The van der Waals surface area contributed by atoms with E-state index in [-0.39, 0.29) is 40.7 Å². The Morgan fingerprint density at radius 1 is 0.800 bits per heavy atom. The van der Waals surface area contributed by atoms with Gasteiger partial charge in [0, 0.05) is 95.2 Å². The zero-order valence-electron chi connectivity index (χ0n) is 31.8. The van der Waals surface area contributed by atoms with Crippen molar-refractivity contribution in [2.45, 2.75) is 64.3 Å². The molecule has 4 aliphatic rings. The standard InChI is InChI=1S/C41H50N10O4/c1-27-34-26-43-41(46-38(34)51(31-5-3-4-6-31)40(55)37(27)28(2)52)44-35-13-11-32(25-42-35)50-23-19-48(20-24-50)16-15-47-17-21-49(22-18-47)30-9-7-29(8-10-30)33-12-14-36(53)45-39(33)54/h7-11,13,25-26,31,33H,3-6,12,14-24H2,1-2H3,(H,45,53,54)(H,42,43,44,46). The van der Waals surface area contributed by atoms with Gasteiger partial charge in [0.25, 0.3) is 5.56 Å². The Kier molecular flexibility index (Phi) is 10.6.